The lowest BCUT2D eigenvalue weighted by molar-refractivity contribution is 0.315. The monoisotopic (exact) mass is 221 g/mol. The SMILES string of the molecule is NCCCNc1ccc(N=O)c2nonc12. The van der Waals surface area contributed by atoms with E-state index in [-0.39, 0.29) is 5.69 Å². The lowest BCUT2D eigenvalue weighted by Gasteiger charge is -2.04. The molecule has 0 saturated carbocycles. The maximum atomic E-state index is 10.5. The second-order valence-corrected chi connectivity index (χ2v) is 3.25. The molecular formula is C9H11N5O2. The third-order valence-corrected chi connectivity index (χ3v) is 2.19. The van der Waals surface area contributed by atoms with E-state index >= 15 is 0 Å². The van der Waals surface area contributed by atoms with Crippen LogP contribution < -0.4 is 11.1 Å². The van der Waals surface area contributed by atoms with Gasteiger partial charge in [0.2, 0.25) is 0 Å². The van der Waals surface area contributed by atoms with E-state index in [1.165, 1.54) is 0 Å². The van der Waals surface area contributed by atoms with Crippen LogP contribution in [-0.2, 0) is 0 Å². The number of hydrogen-bond acceptors (Lipinski definition) is 7. The molecule has 0 unspecified atom stereocenters. The van der Waals surface area contributed by atoms with E-state index in [4.69, 9.17) is 5.73 Å². The zero-order chi connectivity index (χ0) is 11.4. The van der Waals surface area contributed by atoms with Crippen LogP contribution in [0.2, 0.25) is 0 Å². The van der Waals surface area contributed by atoms with Crippen molar-refractivity contribution in [2.45, 2.75) is 6.42 Å². The Morgan fingerprint density at radius 2 is 2.19 bits per heavy atom. The Bertz CT molecular complexity index is 496. The van der Waals surface area contributed by atoms with E-state index in [0.29, 0.717) is 17.6 Å². The average molecular weight is 221 g/mol. The largest absolute Gasteiger partial charge is 0.383 e. The maximum Gasteiger partial charge on any atom is 0.166 e. The van der Waals surface area contributed by atoms with Crippen molar-refractivity contribution in [3.05, 3.63) is 17.0 Å². The summed E-state index contributed by atoms with van der Waals surface area (Å²) in [6.07, 6.45) is 0.848. The van der Waals surface area contributed by atoms with Crippen LogP contribution in [0.15, 0.2) is 21.9 Å². The molecule has 1 aromatic heterocycles. The van der Waals surface area contributed by atoms with Gasteiger partial charge in [-0.15, -0.1) is 4.91 Å². The lowest BCUT2D eigenvalue weighted by atomic mass is 10.2. The summed E-state index contributed by atoms with van der Waals surface area (Å²) >= 11 is 0. The Hall–Kier alpha value is -2.02. The molecule has 7 heteroatoms. The first-order chi connectivity index (χ1) is 7.86. The molecular weight excluding hydrogens is 210 g/mol. The summed E-state index contributed by atoms with van der Waals surface area (Å²) in [5.41, 5.74) is 7.25. The predicted octanol–water partition coefficient (Wildman–Crippen LogP) is 1.38. The predicted molar refractivity (Wildman–Crippen MR) is 59.4 cm³/mol. The van der Waals surface area contributed by atoms with Gasteiger partial charge >= 0.3 is 0 Å². The molecule has 0 atom stereocenters. The first-order valence-corrected chi connectivity index (χ1v) is 4.89. The van der Waals surface area contributed by atoms with E-state index in [2.05, 4.69) is 25.4 Å². The van der Waals surface area contributed by atoms with Crippen molar-refractivity contribution >= 4 is 22.4 Å². The molecule has 0 aliphatic heterocycles. The van der Waals surface area contributed by atoms with Gasteiger partial charge in [-0.2, -0.15) is 0 Å². The van der Waals surface area contributed by atoms with Crippen LogP contribution in [0.5, 0.6) is 0 Å². The molecule has 2 rings (SSSR count). The third kappa shape index (κ3) is 1.84. The van der Waals surface area contributed by atoms with E-state index in [9.17, 15) is 4.91 Å². The smallest absolute Gasteiger partial charge is 0.166 e. The fraction of sp³-hybridized carbons (Fsp3) is 0.333. The van der Waals surface area contributed by atoms with E-state index in [1.54, 1.807) is 12.1 Å². The van der Waals surface area contributed by atoms with Gasteiger partial charge in [0.1, 0.15) is 5.69 Å². The summed E-state index contributed by atoms with van der Waals surface area (Å²) in [6, 6.07) is 3.30. The highest BCUT2D eigenvalue weighted by Gasteiger charge is 2.11. The number of aromatic nitrogens is 2. The first-order valence-electron chi connectivity index (χ1n) is 4.89. The second-order valence-electron chi connectivity index (χ2n) is 3.25. The molecule has 0 amide bonds. The van der Waals surface area contributed by atoms with Crippen molar-refractivity contribution in [1.29, 1.82) is 0 Å². The minimum absolute atomic E-state index is 0.223. The zero-order valence-electron chi connectivity index (χ0n) is 8.51. The minimum Gasteiger partial charge on any atom is -0.383 e. The molecule has 0 radical (unpaired) electrons. The Kier molecular flexibility index (Phi) is 3.06. The van der Waals surface area contributed by atoms with Crippen molar-refractivity contribution in [2.75, 3.05) is 18.4 Å². The summed E-state index contributed by atoms with van der Waals surface area (Å²) in [6.45, 7) is 1.34. The molecule has 1 aromatic carbocycles. The molecule has 2 aromatic rings. The topological polar surface area (TPSA) is 106 Å². The number of hydrogen-bond donors (Lipinski definition) is 2. The lowest BCUT2D eigenvalue weighted by Crippen LogP contribution is -2.08. The van der Waals surface area contributed by atoms with E-state index in [0.717, 1.165) is 18.7 Å². The summed E-state index contributed by atoms with van der Waals surface area (Å²) in [7, 11) is 0. The number of nitrogens with one attached hydrogen (secondary N) is 1. The normalized spacial score (nSPS) is 10.6. The van der Waals surface area contributed by atoms with Crippen LogP contribution in [0.25, 0.3) is 11.0 Å². The standard InChI is InChI=1S/C9H11N5O2/c10-4-1-5-11-6-2-3-7(12-15)9-8(6)13-16-14-9/h2-3,11H,1,4-5,10H2. The highest BCUT2D eigenvalue weighted by molar-refractivity contribution is 5.94. The molecule has 0 aliphatic rings. The highest BCUT2D eigenvalue weighted by Crippen LogP contribution is 2.28. The Balaban J connectivity index is 2.32. The molecule has 0 saturated heterocycles. The van der Waals surface area contributed by atoms with Crippen LogP contribution >= 0.6 is 0 Å². The van der Waals surface area contributed by atoms with Crippen LogP contribution in [0, 0.1) is 4.91 Å². The molecule has 16 heavy (non-hydrogen) atoms. The van der Waals surface area contributed by atoms with Gasteiger partial charge in [0.15, 0.2) is 11.0 Å². The van der Waals surface area contributed by atoms with Gasteiger partial charge in [0, 0.05) is 6.54 Å². The van der Waals surface area contributed by atoms with Crippen molar-refractivity contribution < 1.29 is 4.63 Å². The number of nitroso groups, excluding NO2 is 1. The van der Waals surface area contributed by atoms with Crippen LogP contribution in [-0.4, -0.2) is 23.4 Å². The Morgan fingerprint density at radius 1 is 1.38 bits per heavy atom. The molecule has 3 N–H and O–H groups in total. The van der Waals surface area contributed by atoms with Gasteiger partial charge in [0.05, 0.1) is 5.69 Å². The summed E-state index contributed by atoms with van der Waals surface area (Å²) in [5, 5.41) is 13.3. The summed E-state index contributed by atoms with van der Waals surface area (Å²) < 4.78 is 4.59. The fourth-order valence-electron chi connectivity index (χ4n) is 1.39. The fourth-order valence-corrected chi connectivity index (χ4v) is 1.39. The molecule has 0 spiro atoms. The van der Waals surface area contributed by atoms with Crippen molar-refractivity contribution in [2.24, 2.45) is 10.9 Å². The van der Waals surface area contributed by atoms with Gasteiger partial charge in [-0.1, -0.05) is 0 Å². The summed E-state index contributed by atoms with van der Waals surface area (Å²) in [4.78, 5) is 10.5. The first kappa shape index (κ1) is 10.5. The number of nitrogens with zero attached hydrogens (tertiary/aromatic N) is 3. The minimum atomic E-state index is 0.223. The van der Waals surface area contributed by atoms with Crippen molar-refractivity contribution in [3.63, 3.8) is 0 Å². The number of anilines is 1. The van der Waals surface area contributed by atoms with Gasteiger partial charge in [-0.05, 0) is 40.6 Å². The molecule has 0 aliphatic carbocycles. The van der Waals surface area contributed by atoms with Crippen LogP contribution in [0.3, 0.4) is 0 Å². The number of fused-ring (bicyclic) bond motifs is 1. The zero-order valence-corrected chi connectivity index (χ0v) is 8.51. The quantitative estimate of drug-likeness (QED) is 0.583. The molecule has 1 heterocycles. The molecule has 7 nitrogen and oxygen atoms in total. The Morgan fingerprint density at radius 3 is 2.94 bits per heavy atom. The summed E-state index contributed by atoms with van der Waals surface area (Å²) in [5.74, 6) is 0. The molecule has 0 bridgehead atoms. The van der Waals surface area contributed by atoms with Gasteiger partial charge in [-0.3, -0.25) is 0 Å². The van der Waals surface area contributed by atoms with Gasteiger partial charge in [0.25, 0.3) is 0 Å². The molecule has 0 fully saturated rings. The van der Waals surface area contributed by atoms with Crippen LogP contribution in [0.4, 0.5) is 11.4 Å². The third-order valence-electron chi connectivity index (χ3n) is 2.19. The molecule has 84 valence electrons. The average Bonchev–Trinajstić information content (AvgIpc) is 2.79. The highest BCUT2D eigenvalue weighted by atomic mass is 16.6. The van der Waals surface area contributed by atoms with Gasteiger partial charge < -0.3 is 11.1 Å². The van der Waals surface area contributed by atoms with Crippen molar-refractivity contribution in [3.8, 4) is 0 Å². The second kappa shape index (κ2) is 4.67. The van der Waals surface area contributed by atoms with Crippen molar-refractivity contribution in [1.82, 2.24) is 10.3 Å². The van der Waals surface area contributed by atoms with Gasteiger partial charge in [-0.25, -0.2) is 4.63 Å². The maximum absolute atomic E-state index is 10.5. The number of nitrogens with two attached hydrogens (primary N) is 1. The number of benzene rings is 1. The van der Waals surface area contributed by atoms with E-state index in [1.807, 2.05) is 0 Å². The Labute approximate surface area is 90.9 Å². The number of rotatable bonds is 5. The van der Waals surface area contributed by atoms with E-state index < -0.39 is 0 Å². The van der Waals surface area contributed by atoms with Crippen LogP contribution in [0.1, 0.15) is 6.42 Å².